The monoisotopic (exact) mass is 300 g/mol. The molecule has 0 aliphatic rings. The number of nitro benzene ring substituents is 1. The topological polar surface area (TPSA) is 114 Å². The highest BCUT2D eigenvalue weighted by Gasteiger charge is 2.15. The van der Waals surface area contributed by atoms with Crippen LogP contribution in [0.15, 0.2) is 42.7 Å². The van der Waals surface area contributed by atoms with Gasteiger partial charge in [0, 0.05) is 24.5 Å². The van der Waals surface area contributed by atoms with Gasteiger partial charge in [-0.15, -0.1) is 0 Å². The Labute approximate surface area is 125 Å². The average Bonchev–Trinajstić information content (AvgIpc) is 2.53. The molecular weight excluding hydrogens is 288 g/mol. The lowest BCUT2D eigenvalue weighted by Crippen LogP contribution is -2.41. The van der Waals surface area contributed by atoms with Crippen molar-refractivity contribution in [2.45, 2.75) is 6.92 Å². The highest BCUT2D eigenvalue weighted by molar-refractivity contribution is 5.99. The van der Waals surface area contributed by atoms with Gasteiger partial charge in [0.2, 0.25) is 0 Å². The maximum absolute atomic E-state index is 12.0. The van der Waals surface area contributed by atoms with Gasteiger partial charge in [-0.3, -0.25) is 35.5 Å². The van der Waals surface area contributed by atoms with Gasteiger partial charge in [0.25, 0.3) is 17.5 Å². The standard InChI is InChI=1S/C14H12N4O4/c1-9-4-5-11(18(21)22)7-12(9)14(20)17-16-13(19)10-3-2-6-15-8-10/h2-8H,1H3,(H,16,19)(H,17,20). The molecule has 8 nitrogen and oxygen atoms in total. The zero-order valence-corrected chi connectivity index (χ0v) is 11.6. The van der Waals surface area contributed by atoms with Crippen LogP contribution in [0.5, 0.6) is 0 Å². The molecule has 8 heteroatoms. The van der Waals surface area contributed by atoms with Crippen LogP contribution in [-0.4, -0.2) is 21.7 Å². The highest BCUT2D eigenvalue weighted by Crippen LogP contribution is 2.17. The number of amides is 2. The summed E-state index contributed by atoms with van der Waals surface area (Å²) in [6.45, 7) is 1.64. The minimum absolute atomic E-state index is 0.112. The maximum Gasteiger partial charge on any atom is 0.271 e. The first-order chi connectivity index (χ1) is 10.5. The second-order valence-corrected chi connectivity index (χ2v) is 4.41. The van der Waals surface area contributed by atoms with Crippen molar-refractivity contribution in [2.24, 2.45) is 0 Å². The lowest BCUT2D eigenvalue weighted by atomic mass is 10.1. The zero-order chi connectivity index (χ0) is 16.1. The summed E-state index contributed by atoms with van der Waals surface area (Å²) < 4.78 is 0. The van der Waals surface area contributed by atoms with Gasteiger partial charge >= 0.3 is 0 Å². The molecule has 0 unspecified atom stereocenters. The van der Waals surface area contributed by atoms with Crippen LogP contribution in [-0.2, 0) is 0 Å². The first kappa shape index (κ1) is 15.1. The van der Waals surface area contributed by atoms with Crippen molar-refractivity contribution < 1.29 is 14.5 Å². The average molecular weight is 300 g/mol. The molecule has 2 amide bonds. The van der Waals surface area contributed by atoms with Gasteiger partial charge in [-0.25, -0.2) is 0 Å². The fourth-order valence-corrected chi connectivity index (χ4v) is 1.72. The predicted octanol–water partition coefficient (Wildman–Crippen LogP) is 1.37. The molecule has 0 aliphatic carbocycles. The Hall–Kier alpha value is -3.29. The fourth-order valence-electron chi connectivity index (χ4n) is 1.72. The third-order valence-electron chi connectivity index (χ3n) is 2.89. The highest BCUT2D eigenvalue weighted by atomic mass is 16.6. The third kappa shape index (κ3) is 3.42. The molecule has 1 heterocycles. The SMILES string of the molecule is Cc1ccc([N+](=O)[O-])cc1C(=O)NNC(=O)c1cccnc1. The Morgan fingerprint density at radius 1 is 1.18 bits per heavy atom. The molecule has 2 N–H and O–H groups in total. The van der Waals surface area contributed by atoms with Crippen LogP contribution in [0.2, 0.25) is 0 Å². The molecule has 112 valence electrons. The molecule has 22 heavy (non-hydrogen) atoms. The van der Waals surface area contributed by atoms with Gasteiger partial charge in [-0.05, 0) is 24.6 Å². The number of nitrogens with one attached hydrogen (secondary N) is 2. The molecule has 0 spiro atoms. The number of carbonyl (C=O) groups is 2. The van der Waals surface area contributed by atoms with E-state index in [1.165, 1.54) is 30.6 Å². The molecule has 2 aromatic rings. The Kier molecular flexibility index (Phi) is 4.42. The van der Waals surface area contributed by atoms with E-state index in [4.69, 9.17) is 0 Å². The Balaban J connectivity index is 2.08. The first-order valence-electron chi connectivity index (χ1n) is 6.25. The van der Waals surface area contributed by atoms with E-state index < -0.39 is 16.7 Å². The number of nitrogens with zero attached hydrogens (tertiary/aromatic N) is 2. The summed E-state index contributed by atoms with van der Waals surface area (Å²) in [7, 11) is 0. The molecule has 1 aromatic heterocycles. The van der Waals surface area contributed by atoms with E-state index in [1.807, 2.05) is 0 Å². The number of carbonyl (C=O) groups excluding carboxylic acids is 2. The molecule has 0 atom stereocenters. The van der Waals surface area contributed by atoms with Crippen molar-refractivity contribution in [1.29, 1.82) is 0 Å². The Morgan fingerprint density at radius 3 is 2.55 bits per heavy atom. The van der Waals surface area contributed by atoms with Gasteiger partial charge in [0.1, 0.15) is 0 Å². The van der Waals surface area contributed by atoms with E-state index in [0.29, 0.717) is 5.56 Å². The van der Waals surface area contributed by atoms with E-state index >= 15 is 0 Å². The first-order valence-corrected chi connectivity index (χ1v) is 6.25. The summed E-state index contributed by atoms with van der Waals surface area (Å²) in [6, 6.07) is 7.05. The summed E-state index contributed by atoms with van der Waals surface area (Å²) in [6.07, 6.45) is 2.86. The number of hydrogen-bond donors (Lipinski definition) is 2. The molecule has 0 saturated carbocycles. The number of non-ortho nitro benzene ring substituents is 1. The van der Waals surface area contributed by atoms with Crippen molar-refractivity contribution in [3.63, 3.8) is 0 Å². The molecule has 0 radical (unpaired) electrons. The summed E-state index contributed by atoms with van der Waals surface area (Å²) >= 11 is 0. The van der Waals surface area contributed by atoms with Crippen molar-refractivity contribution >= 4 is 17.5 Å². The summed E-state index contributed by atoms with van der Waals surface area (Å²) in [5.41, 5.74) is 5.18. The summed E-state index contributed by atoms with van der Waals surface area (Å²) in [5, 5.41) is 10.7. The minimum atomic E-state index is -0.640. The number of hydrazine groups is 1. The zero-order valence-electron chi connectivity index (χ0n) is 11.6. The number of benzene rings is 1. The van der Waals surface area contributed by atoms with E-state index in [0.717, 1.165) is 6.07 Å². The summed E-state index contributed by atoms with van der Waals surface area (Å²) in [5.74, 6) is -1.18. The van der Waals surface area contributed by atoms with Crippen LogP contribution in [0.3, 0.4) is 0 Å². The van der Waals surface area contributed by atoms with Gasteiger partial charge < -0.3 is 0 Å². The van der Waals surface area contributed by atoms with Crippen LogP contribution < -0.4 is 10.9 Å². The van der Waals surface area contributed by atoms with Gasteiger partial charge in [-0.1, -0.05) is 6.07 Å². The van der Waals surface area contributed by atoms with E-state index in [2.05, 4.69) is 15.8 Å². The van der Waals surface area contributed by atoms with Crippen LogP contribution in [0.25, 0.3) is 0 Å². The minimum Gasteiger partial charge on any atom is -0.267 e. The molecule has 0 fully saturated rings. The number of hydrogen-bond acceptors (Lipinski definition) is 5. The fraction of sp³-hybridized carbons (Fsp3) is 0.0714. The van der Waals surface area contributed by atoms with E-state index in [1.54, 1.807) is 13.0 Å². The van der Waals surface area contributed by atoms with E-state index in [9.17, 15) is 19.7 Å². The molecule has 2 rings (SSSR count). The van der Waals surface area contributed by atoms with Crippen molar-refractivity contribution in [3.8, 4) is 0 Å². The van der Waals surface area contributed by atoms with Crippen molar-refractivity contribution in [3.05, 3.63) is 69.5 Å². The van der Waals surface area contributed by atoms with Crippen molar-refractivity contribution in [2.75, 3.05) is 0 Å². The number of rotatable bonds is 3. The van der Waals surface area contributed by atoms with Crippen LogP contribution in [0.1, 0.15) is 26.3 Å². The number of pyridine rings is 1. The lowest BCUT2D eigenvalue weighted by molar-refractivity contribution is -0.384. The van der Waals surface area contributed by atoms with Crippen molar-refractivity contribution in [1.82, 2.24) is 15.8 Å². The number of aryl methyl sites for hydroxylation is 1. The molecule has 0 aliphatic heterocycles. The van der Waals surface area contributed by atoms with Crippen LogP contribution in [0.4, 0.5) is 5.69 Å². The smallest absolute Gasteiger partial charge is 0.267 e. The van der Waals surface area contributed by atoms with E-state index in [-0.39, 0.29) is 16.8 Å². The molecule has 0 saturated heterocycles. The van der Waals surface area contributed by atoms with Crippen LogP contribution in [0, 0.1) is 17.0 Å². The van der Waals surface area contributed by atoms with Gasteiger partial charge in [0.15, 0.2) is 0 Å². The second-order valence-electron chi connectivity index (χ2n) is 4.41. The lowest BCUT2D eigenvalue weighted by Gasteiger charge is -2.09. The number of aromatic nitrogens is 1. The van der Waals surface area contributed by atoms with Crippen LogP contribution >= 0.6 is 0 Å². The quantitative estimate of drug-likeness (QED) is 0.656. The maximum atomic E-state index is 12.0. The van der Waals surface area contributed by atoms with Gasteiger partial charge in [-0.2, -0.15) is 0 Å². The predicted molar refractivity (Wildman–Crippen MR) is 77.0 cm³/mol. The number of nitro groups is 1. The Morgan fingerprint density at radius 2 is 1.91 bits per heavy atom. The van der Waals surface area contributed by atoms with Gasteiger partial charge in [0.05, 0.1) is 16.1 Å². The largest absolute Gasteiger partial charge is 0.271 e. The second kappa shape index (κ2) is 6.44. The third-order valence-corrected chi connectivity index (χ3v) is 2.89. The molecule has 1 aromatic carbocycles. The molecule has 0 bridgehead atoms. The summed E-state index contributed by atoms with van der Waals surface area (Å²) in [4.78, 5) is 37.7. The molecular formula is C14H12N4O4. The Bertz CT molecular complexity index is 731. The normalized spacial score (nSPS) is 9.86.